The molecule has 0 aromatic heterocycles. The zero-order valence-corrected chi connectivity index (χ0v) is 13.8. The molecule has 0 bridgehead atoms. The Morgan fingerprint density at radius 3 is 2.76 bits per heavy atom. The molecule has 0 aromatic carbocycles. The van der Waals surface area contributed by atoms with Crippen molar-refractivity contribution >= 4 is 5.97 Å². The van der Waals surface area contributed by atoms with Gasteiger partial charge in [0.15, 0.2) is 0 Å². The summed E-state index contributed by atoms with van der Waals surface area (Å²) in [6.07, 6.45) is 3.94. The third kappa shape index (κ3) is 3.58. The van der Waals surface area contributed by atoms with Crippen LogP contribution in [0.2, 0.25) is 0 Å². The van der Waals surface area contributed by atoms with E-state index in [1.54, 1.807) is 7.05 Å². The SMILES string of the molecule is CNC1(C(=O)O)CCCC1CCN1CC(C)OC(C)(C)C1. The maximum absolute atomic E-state index is 11.7. The molecule has 1 saturated carbocycles. The molecule has 3 unspecified atom stereocenters. The van der Waals surface area contributed by atoms with Crippen molar-refractivity contribution in [3.05, 3.63) is 0 Å². The lowest BCUT2D eigenvalue weighted by Crippen LogP contribution is -2.55. The zero-order valence-electron chi connectivity index (χ0n) is 13.8. The van der Waals surface area contributed by atoms with E-state index in [4.69, 9.17) is 4.74 Å². The maximum Gasteiger partial charge on any atom is 0.324 e. The van der Waals surface area contributed by atoms with Crippen LogP contribution in [0.1, 0.15) is 46.5 Å². The lowest BCUT2D eigenvalue weighted by atomic mass is 9.84. The van der Waals surface area contributed by atoms with Crippen LogP contribution >= 0.6 is 0 Å². The second kappa shape index (κ2) is 6.23. The zero-order chi connectivity index (χ0) is 15.7. The lowest BCUT2D eigenvalue weighted by Gasteiger charge is -2.42. The van der Waals surface area contributed by atoms with E-state index in [0.29, 0.717) is 0 Å². The highest BCUT2D eigenvalue weighted by Gasteiger charge is 2.48. The first kappa shape index (κ1) is 16.7. The fraction of sp³-hybridized carbons (Fsp3) is 0.938. The molecule has 1 saturated heterocycles. The number of carbonyl (C=O) groups is 1. The van der Waals surface area contributed by atoms with Crippen LogP contribution < -0.4 is 5.32 Å². The summed E-state index contributed by atoms with van der Waals surface area (Å²) in [5, 5.41) is 12.7. The Balaban J connectivity index is 1.94. The molecule has 1 aliphatic carbocycles. The second-order valence-electron chi connectivity index (χ2n) is 7.33. The highest BCUT2D eigenvalue weighted by molar-refractivity contribution is 5.79. The molecule has 0 spiro atoms. The Morgan fingerprint density at radius 2 is 2.19 bits per heavy atom. The van der Waals surface area contributed by atoms with Gasteiger partial charge in [0.25, 0.3) is 0 Å². The van der Waals surface area contributed by atoms with E-state index in [2.05, 4.69) is 31.0 Å². The Labute approximate surface area is 128 Å². The third-order valence-corrected chi connectivity index (χ3v) is 5.08. The number of nitrogens with one attached hydrogen (secondary N) is 1. The quantitative estimate of drug-likeness (QED) is 0.809. The van der Waals surface area contributed by atoms with Crippen LogP contribution in [0.4, 0.5) is 0 Å². The average molecular weight is 298 g/mol. The normalized spacial score (nSPS) is 36.8. The number of ether oxygens (including phenoxy) is 1. The third-order valence-electron chi connectivity index (χ3n) is 5.08. The van der Waals surface area contributed by atoms with Crippen molar-refractivity contribution in [3.8, 4) is 0 Å². The predicted molar refractivity (Wildman–Crippen MR) is 82.5 cm³/mol. The molecule has 21 heavy (non-hydrogen) atoms. The standard InChI is InChI=1S/C16H30N2O3/c1-12-10-18(11-15(2,3)21-12)9-7-13-6-5-8-16(13,17-4)14(19)20/h12-13,17H,5-11H2,1-4H3,(H,19,20). The average Bonchev–Trinajstić information content (AvgIpc) is 2.78. The van der Waals surface area contributed by atoms with Crippen LogP contribution in [-0.2, 0) is 9.53 Å². The molecule has 0 radical (unpaired) electrons. The van der Waals surface area contributed by atoms with Gasteiger partial charge in [-0.2, -0.15) is 0 Å². The minimum Gasteiger partial charge on any atom is -0.480 e. The van der Waals surface area contributed by atoms with Gasteiger partial charge in [-0.15, -0.1) is 0 Å². The molecule has 1 aliphatic heterocycles. The molecule has 2 fully saturated rings. The molecule has 2 N–H and O–H groups in total. The molecule has 1 heterocycles. The van der Waals surface area contributed by atoms with Gasteiger partial charge in [0.05, 0.1) is 11.7 Å². The van der Waals surface area contributed by atoms with Gasteiger partial charge in [-0.05, 0) is 59.5 Å². The van der Waals surface area contributed by atoms with Crippen molar-refractivity contribution in [2.75, 3.05) is 26.7 Å². The Morgan fingerprint density at radius 1 is 1.48 bits per heavy atom. The van der Waals surface area contributed by atoms with Gasteiger partial charge in [-0.25, -0.2) is 0 Å². The fourth-order valence-corrected chi connectivity index (χ4v) is 4.28. The van der Waals surface area contributed by atoms with Crippen molar-refractivity contribution in [2.24, 2.45) is 5.92 Å². The number of aliphatic carboxylic acids is 1. The minimum absolute atomic E-state index is 0.111. The molecule has 0 amide bonds. The first-order valence-electron chi connectivity index (χ1n) is 8.11. The number of carboxylic acid groups (broad SMARTS) is 1. The van der Waals surface area contributed by atoms with Gasteiger partial charge >= 0.3 is 5.97 Å². The number of likely N-dealkylation sites (N-methyl/N-ethyl adjacent to an activating group) is 1. The monoisotopic (exact) mass is 298 g/mol. The summed E-state index contributed by atoms with van der Waals surface area (Å²) in [5.74, 6) is -0.468. The highest BCUT2D eigenvalue weighted by atomic mass is 16.5. The van der Waals surface area contributed by atoms with Crippen molar-refractivity contribution in [3.63, 3.8) is 0 Å². The van der Waals surface area contributed by atoms with Gasteiger partial charge in [0, 0.05) is 13.1 Å². The van der Waals surface area contributed by atoms with Gasteiger partial charge < -0.3 is 15.2 Å². The van der Waals surface area contributed by atoms with E-state index in [1.807, 2.05) is 0 Å². The molecule has 3 atom stereocenters. The van der Waals surface area contributed by atoms with Crippen molar-refractivity contribution in [1.29, 1.82) is 0 Å². The van der Waals surface area contributed by atoms with E-state index < -0.39 is 11.5 Å². The van der Waals surface area contributed by atoms with Gasteiger partial charge in [-0.3, -0.25) is 9.69 Å². The molecular formula is C16H30N2O3. The minimum atomic E-state index is -0.715. The van der Waals surface area contributed by atoms with E-state index in [-0.39, 0.29) is 17.6 Å². The maximum atomic E-state index is 11.7. The van der Waals surface area contributed by atoms with Crippen LogP contribution in [0.5, 0.6) is 0 Å². The summed E-state index contributed by atoms with van der Waals surface area (Å²) in [6.45, 7) is 9.18. The Kier molecular flexibility index (Phi) is 4.96. The molecule has 2 aliphatic rings. The fourth-order valence-electron chi connectivity index (χ4n) is 4.28. The first-order chi connectivity index (χ1) is 9.79. The van der Waals surface area contributed by atoms with Gasteiger partial charge in [-0.1, -0.05) is 6.42 Å². The van der Waals surface area contributed by atoms with Crippen LogP contribution in [0.25, 0.3) is 0 Å². The lowest BCUT2D eigenvalue weighted by molar-refractivity contribution is -0.147. The largest absolute Gasteiger partial charge is 0.480 e. The van der Waals surface area contributed by atoms with E-state index >= 15 is 0 Å². The summed E-state index contributed by atoms with van der Waals surface area (Å²) in [6, 6.07) is 0. The molecule has 122 valence electrons. The summed E-state index contributed by atoms with van der Waals surface area (Å²) in [5.41, 5.74) is -0.826. The summed E-state index contributed by atoms with van der Waals surface area (Å²) >= 11 is 0. The number of carboxylic acids is 1. The van der Waals surface area contributed by atoms with Crippen LogP contribution in [-0.4, -0.2) is 59.9 Å². The van der Waals surface area contributed by atoms with E-state index in [1.165, 1.54) is 0 Å². The Bertz CT molecular complexity index is 386. The molecule has 5 nitrogen and oxygen atoms in total. The number of nitrogens with zero attached hydrogens (tertiary/aromatic N) is 1. The predicted octanol–water partition coefficient (Wildman–Crippen LogP) is 1.72. The number of hydrogen-bond donors (Lipinski definition) is 2. The van der Waals surface area contributed by atoms with Gasteiger partial charge in [0.2, 0.25) is 0 Å². The summed E-state index contributed by atoms with van der Waals surface area (Å²) in [4.78, 5) is 14.1. The summed E-state index contributed by atoms with van der Waals surface area (Å²) in [7, 11) is 1.78. The van der Waals surface area contributed by atoms with Crippen molar-refractivity contribution < 1.29 is 14.6 Å². The van der Waals surface area contributed by atoms with Crippen LogP contribution in [0, 0.1) is 5.92 Å². The van der Waals surface area contributed by atoms with Crippen molar-refractivity contribution in [2.45, 2.75) is 63.7 Å². The van der Waals surface area contributed by atoms with Crippen LogP contribution in [0.3, 0.4) is 0 Å². The highest BCUT2D eigenvalue weighted by Crippen LogP contribution is 2.38. The van der Waals surface area contributed by atoms with Gasteiger partial charge in [0.1, 0.15) is 5.54 Å². The molecular weight excluding hydrogens is 268 g/mol. The second-order valence-corrected chi connectivity index (χ2v) is 7.33. The first-order valence-corrected chi connectivity index (χ1v) is 8.11. The molecule has 5 heteroatoms. The van der Waals surface area contributed by atoms with E-state index in [9.17, 15) is 9.90 Å². The summed E-state index contributed by atoms with van der Waals surface area (Å²) < 4.78 is 5.93. The van der Waals surface area contributed by atoms with Crippen LogP contribution in [0.15, 0.2) is 0 Å². The molecule has 2 rings (SSSR count). The Hall–Kier alpha value is -0.650. The smallest absolute Gasteiger partial charge is 0.324 e. The number of morpholine rings is 1. The number of hydrogen-bond acceptors (Lipinski definition) is 4. The van der Waals surface area contributed by atoms with Crippen molar-refractivity contribution in [1.82, 2.24) is 10.2 Å². The molecule has 0 aromatic rings. The number of rotatable bonds is 5. The van der Waals surface area contributed by atoms with E-state index in [0.717, 1.165) is 45.3 Å². The topological polar surface area (TPSA) is 61.8 Å².